The summed E-state index contributed by atoms with van der Waals surface area (Å²) in [6, 6.07) is 0. The number of amides is 4. The second-order valence-electron chi connectivity index (χ2n) is 4.85. The summed E-state index contributed by atoms with van der Waals surface area (Å²) in [5.41, 5.74) is -1.53. The number of hydrogen-bond acceptors (Lipinski definition) is 6. The minimum absolute atomic E-state index is 0.0660. The van der Waals surface area contributed by atoms with E-state index in [1.165, 1.54) is 19.3 Å². The molecule has 1 atom stereocenters. The molecule has 3 heterocycles. The lowest BCUT2D eigenvalue weighted by Crippen LogP contribution is -2.62. The minimum atomic E-state index is -1.40. The van der Waals surface area contributed by atoms with E-state index in [9.17, 15) is 19.2 Å². The zero-order chi connectivity index (χ0) is 14.5. The molecule has 0 aromatic carbocycles. The van der Waals surface area contributed by atoms with Crippen LogP contribution in [0.4, 0.5) is 0 Å². The molecule has 8 nitrogen and oxygen atoms in total. The predicted octanol–water partition coefficient (Wildman–Crippen LogP) is -0.732. The van der Waals surface area contributed by atoms with Crippen molar-refractivity contribution < 1.29 is 19.2 Å². The van der Waals surface area contributed by atoms with Crippen LogP contribution in [0.15, 0.2) is 12.4 Å². The van der Waals surface area contributed by atoms with Gasteiger partial charge in [0.15, 0.2) is 11.4 Å². The van der Waals surface area contributed by atoms with Crippen LogP contribution in [0.5, 0.6) is 0 Å². The third kappa shape index (κ3) is 1.47. The highest BCUT2D eigenvalue weighted by molar-refractivity contribution is 6.22. The molecule has 1 N–H and O–H groups in total. The lowest BCUT2D eigenvalue weighted by molar-refractivity contribution is -0.140. The van der Waals surface area contributed by atoms with Crippen molar-refractivity contribution in [3.05, 3.63) is 23.8 Å². The van der Waals surface area contributed by atoms with Gasteiger partial charge in [0, 0.05) is 18.8 Å². The predicted molar refractivity (Wildman–Crippen MR) is 63.3 cm³/mol. The first-order valence-corrected chi connectivity index (χ1v) is 5.99. The van der Waals surface area contributed by atoms with Crippen LogP contribution >= 0.6 is 0 Å². The van der Waals surface area contributed by atoms with E-state index in [1.54, 1.807) is 0 Å². The van der Waals surface area contributed by atoms with Gasteiger partial charge in [-0.05, 0) is 13.3 Å². The Morgan fingerprint density at radius 3 is 2.15 bits per heavy atom. The van der Waals surface area contributed by atoms with Gasteiger partial charge in [0.25, 0.3) is 17.7 Å². The van der Waals surface area contributed by atoms with Crippen molar-refractivity contribution >= 4 is 23.6 Å². The Kier molecular flexibility index (Phi) is 2.43. The Bertz CT molecular complexity index is 636. The molecule has 4 amide bonds. The van der Waals surface area contributed by atoms with Gasteiger partial charge in [-0.15, -0.1) is 0 Å². The summed E-state index contributed by atoms with van der Waals surface area (Å²) in [5.74, 6) is -2.40. The average Bonchev–Trinajstić information content (AvgIpc) is 2.68. The number of carbonyl (C=O) groups excluding carboxylic acids is 4. The Labute approximate surface area is 113 Å². The number of nitrogens with zero attached hydrogens (tertiary/aromatic N) is 3. The number of imide groups is 2. The van der Waals surface area contributed by atoms with Gasteiger partial charge < -0.3 is 0 Å². The lowest BCUT2D eigenvalue weighted by Gasteiger charge is -2.37. The summed E-state index contributed by atoms with van der Waals surface area (Å²) in [5, 5.41) is 2.15. The van der Waals surface area contributed by atoms with E-state index in [1.807, 2.05) is 0 Å². The van der Waals surface area contributed by atoms with Crippen LogP contribution in [0, 0.1) is 0 Å². The summed E-state index contributed by atoms with van der Waals surface area (Å²) in [6.07, 6.45) is 2.76. The lowest BCUT2D eigenvalue weighted by atomic mass is 9.89. The molecule has 0 spiro atoms. The Morgan fingerprint density at radius 2 is 1.65 bits per heavy atom. The van der Waals surface area contributed by atoms with Crippen LogP contribution in [-0.4, -0.2) is 44.0 Å². The van der Waals surface area contributed by atoms with Crippen LogP contribution < -0.4 is 5.32 Å². The monoisotopic (exact) mass is 274 g/mol. The van der Waals surface area contributed by atoms with Crippen LogP contribution in [0.3, 0.4) is 0 Å². The molecule has 2 aliphatic rings. The molecular formula is C12H10N4O4. The summed E-state index contributed by atoms with van der Waals surface area (Å²) in [6.45, 7) is 1.45. The first-order valence-electron chi connectivity index (χ1n) is 5.99. The van der Waals surface area contributed by atoms with Crippen LogP contribution in [0.2, 0.25) is 0 Å². The second kappa shape index (κ2) is 3.92. The Morgan fingerprint density at radius 1 is 1.10 bits per heavy atom. The molecule has 20 heavy (non-hydrogen) atoms. The third-order valence-electron chi connectivity index (χ3n) is 3.58. The van der Waals surface area contributed by atoms with Gasteiger partial charge in [0.2, 0.25) is 5.91 Å². The third-order valence-corrected chi connectivity index (χ3v) is 3.58. The van der Waals surface area contributed by atoms with Gasteiger partial charge in [0.1, 0.15) is 5.54 Å². The Hall–Kier alpha value is -2.64. The molecule has 3 rings (SSSR count). The van der Waals surface area contributed by atoms with Crippen molar-refractivity contribution in [3.8, 4) is 0 Å². The van der Waals surface area contributed by atoms with Crippen molar-refractivity contribution in [2.45, 2.75) is 25.3 Å². The Balaban J connectivity index is 2.04. The molecule has 0 bridgehead atoms. The van der Waals surface area contributed by atoms with Gasteiger partial charge >= 0.3 is 0 Å². The molecule has 0 aliphatic carbocycles. The van der Waals surface area contributed by atoms with E-state index in [0.717, 1.165) is 4.90 Å². The van der Waals surface area contributed by atoms with Gasteiger partial charge in [0.05, 0.1) is 0 Å². The molecule has 0 saturated carbocycles. The number of aromatic nitrogens is 2. The second-order valence-corrected chi connectivity index (χ2v) is 4.85. The first kappa shape index (κ1) is 12.4. The van der Waals surface area contributed by atoms with Crippen LogP contribution in [0.25, 0.3) is 0 Å². The molecule has 1 saturated heterocycles. The molecule has 1 fully saturated rings. The number of carbonyl (C=O) groups is 4. The first-order chi connectivity index (χ1) is 9.45. The number of fused-ring (bicyclic) bond motifs is 1. The quantitative estimate of drug-likeness (QED) is 0.676. The maximum Gasteiger partial charge on any atom is 0.282 e. The molecule has 1 unspecified atom stereocenters. The molecule has 102 valence electrons. The summed E-state index contributed by atoms with van der Waals surface area (Å²) >= 11 is 0. The largest absolute Gasteiger partial charge is 0.294 e. The van der Waals surface area contributed by atoms with E-state index in [0.29, 0.717) is 0 Å². The molecule has 1 aromatic rings. The van der Waals surface area contributed by atoms with Gasteiger partial charge in [-0.3, -0.25) is 29.4 Å². The number of hydrogen-bond donors (Lipinski definition) is 1. The van der Waals surface area contributed by atoms with Gasteiger partial charge in [-0.1, -0.05) is 0 Å². The van der Waals surface area contributed by atoms with Crippen molar-refractivity contribution in [3.63, 3.8) is 0 Å². The normalized spacial score (nSPS) is 25.8. The van der Waals surface area contributed by atoms with E-state index in [-0.39, 0.29) is 24.2 Å². The summed E-state index contributed by atoms with van der Waals surface area (Å²) < 4.78 is 0. The molecule has 8 heteroatoms. The van der Waals surface area contributed by atoms with Gasteiger partial charge in [-0.25, -0.2) is 9.97 Å². The van der Waals surface area contributed by atoms with E-state index in [2.05, 4.69) is 15.3 Å². The van der Waals surface area contributed by atoms with Crippen molar-refractivity contribution in [2.75, 3.05) is 0 Å². The fraction of sp³-hybridized carbons (Fsp3) is 0.333. The van der Waals surface area contributed by atoms with Gasteiger partial charge in [-0.2, -0.15) is 0 Å². The van der Waals surface area contributed by atoms with E-state index < -0.39 is 29.2 Å². The highest BCUT2D eigenvalue weighted by Gasteiger charge is 2.53. The zero-order valence-electron chi connectivity index (χ0n) is 10.5. The maximum atomic E-state index is 12.3. The highest BCUT2D eigenvalue weighted by Crippen LogP contribution is 2.32. The van der Waals surface area contributed by atoms with Crippen molar-refractivity contribution in [1.82, 2.24) is 20.2 Å². The standard InChI is InChI=1S/C12H10N4O4/c1-12(3-2-6(17)15-11(12)20)16-9(18)7-8(10(16)19)14-5-4-13-7/h4-5H,2-3H2,1H3,(H,15,17,20). The van der Waals surface area contributed by atoms with E-state index in [4.69, 9.17) is 0 Å². The highest BCUT2D eigenvalue weighted by atomic mass is 16.2. The fourth-order valence-corrected chi connectivity index (χ4v) is 2.41. The van der Waals surface area contributed by atoms with Crippen LogP contribution in [0.1, 0.15) is 40.7 Å². The van der Waals surface area contributed by atoms with Crippen molar-refractivity contribution in [2.24, 2.45) is 0 Å². The molecule has 0 radical (unpaired) electrons. The number of rotatable bonds is 1. The van der Waals surface area contributed by atoms with E-state index >= 15 is 0 Å². The molecular weight excluding hydrogens is 264 g/mol. The maximum absolute atomic E-state index is 12.3. The summed E-state index contributed by atoms with van der Waals surface area (Å²) in [7, 11) is 0. The molecule has 1 aromatic heterocycles. The zero-order valence-corrected chi connectivity index (χ0v) is 10.5. The molecule has 2 aliphatic heterocycles. The van der Waals surface area contributed by atoms with Crippen molar-refractivity contribution in [1.29, 1.82) is 0 Å². The fourth-order valence-electron chi connectivity index (χ4n) is 2.41. The smallest absolute Gasteiger partial charge is 0.282 e. The summed E-state index contributed by atoms with van der Waals surface area (Å²) in [4.78, 5) is 56.3. The number of piperidine rings is 1. The topological polar surface area (TPSA) is 109 Å². The average molecular weight is 274 g/mol. The minimum Gasteiger partial charge on any atom is -0.294 e. The van der Waals surface area contributed by atoms with Crippen LogP contribution in [-0.2, 0) is 9.59 Å². The number of nitrogens with one attached hydrogen (secondary N) is 1. The SMILES string of the molecule is CC1(N2C(=O)c3nccnc3C2=O)CCC(=O)NC1=O.